The molecular formula is C12H12O. The molecule has 2 rings (SSSR count). The van der Waals surface area contributed by atoms with Crippen molar-refractivity contribution in [1.29, 1.82) is 0 Å². The van der Waals surface area contributed by atoms with Gasteiger partial charge in [-0.3, -0.25) is 0 Å². The topological polar surface area (TPSA) is 17.1 Å². The molecule has 1 unspecified atom stereocenters. The maximum absolute atomic E-state index is 10.9. The molecule has 0 radical (unpaired) electrons. The van der Waals surface area contributed by atoms with Crippen LogP contribution >= 0.6 is 0 Å². The number of carbonyl (C=O) groups excluding carboxylic acids is 1. The summed E-state index contributed by atoms with van der Waals surface area (Å²) in [6.07, 6.45) is 1.03. The Morgan fingerprint density at radius 2 is 1.92 bits per heavy atom. The number of rotatable bonds is 1. The second kappa shape index (κ2) is 2.84. The molecule has 1 aromatic carbocycles. The van der Waals surface area contributed by atoms with Crippen molar-refractivity contribution in [2.75, 3.05) is 0 Å². The molecule has 13 heavy (non-hydrogen) atoms. The molecule has 0 saturated heterocycles. The number of allylic oxidation sites excluding steroid dienone is 2. The number of aldehydes is 1. The Morgan fingerprint density at radius 3 is 2.62 bits per heavy atom. The van der Waals surface area contributed by atoms with E-state index in [2.05, 4.69) is 13.0 Å². The van der Waals surface area contributed by atoms with Crippen LogP contribution in [0.4, 0.5) is 0 Å². The van der Waals surface area contributed by atoms with E-state index in [1.54, 1.807) is 0 Å². The Kier molecular flexibility index (Phi) is 1.80. The maximum Gasteiger partial charge on any atom is 0.131 e. The van der Waals surface area contributed by atoms with Gasteiger partial charge in [0.25, 0.3) is 0 Å². The zero-order valence-corrected chi connectivity index (χ0v) is 7.87. The first-order chi connectivity index (χ1) is 6.25. The summed E-state index contributed by atoms with van der Waals surface area (Å²) in [5.41, 5.74) is 4.84. The minimum Gasteiger partial charge on any atom is -0.302 e. The second-order valence-electron chi connectivity index (χ2n) is 3.51. The van der Waals surface area contributed by atoms with Gasteiger partial charge in [0.2, 0.25) is 0 Å². The predicted octanol–water partition coefficient (Wildman–Crippen LogP) is 2.78. The molecule has 0 bridgehead atoms. The van der Waals surface area contributed by atoms with Gasteiger partial charge in [0, 0.05) is 0 Å². The molecule has 0 heterocycles. The highest BCUT2D eigenvalue weighted by molar-refractivity contribution is 5.85. The van der Waals surface area contributed by atoms with Gasteiger partial charge < -0.3 is 4.79 Å². The molecule has 0 spiro atoms. The molecule has 0 amide bonds. The molecule has 1 nitrogen and oxygen atoms in total. The maximum atomic E-state index is 10.9. The Bertz CT molecular complexity index is 388. The van der Waals surface area contributed by atoms with Crippen LogP contribution in [0.5, 0.6) is 0 Å². The van der Waals surface area contributed by atoms with Gasteiger partial charge in [-0.05, 0) is 30.5 Å². The molecule has 0 aromatic heterocycles. The summed E-state index contributed by atoms with van der Waals surface area (Å²) in [5.74, 6) is -0.00352. The number of hydrogen-bond acceptors (Lipinski definition) is 1. The Labute approximate surface area is 78.1 Å². The Balaban J connectivity index is 2.65. The van der Waals surface area contributed by atoms with Gasteiger partial charge in [-0.25, -0.2) is 0 Å². The van der Waals surface area contributed by atoms with Crippen LogP contribution in [0.15, 0.2) is 29.8 Å². The minimum absolute atomic E-state index is 0.00352. The molecule has 1 aliphatic rings. The van der Waals surface area contributed by atoms with E-state index in [0.29, 0.717) is 0 Å². The third-order valence-corrected chi connectivity index (χ3v) is 2.89. The van der Waals surface area contributed by atoms with E-state index in [1.165, 1.54) is 16.7 Å². The third-order valence-electron chi connectivity index (χ3n) is 2.89. The van der Waals surface area contributed by atoms with Gasteiger partial charge in [-0.2, -0.15) is 0 Å². The highest BCUT2D eigenvalue weighted by atomic mass is 16.1. The van der Waals surface area contributed by atoms with Gasteiger partial charge >= 0.3 is 0 Å². The van der Waals surface area contributed by atoms with Gasteiger partial charge in [-0.1, -0.05) is 29.8 Å². The van der Waals surface area contributed by atoms with E-state index in [1.807, 2.05) is 25.1 Å². The highest BCUT2D eigenvalue weighted by Gasteiger charge is 2.24. The molecule has 0 fully saturated rings. The SMILES string of the molecule is CC1=C(C)C(C=O)c2ccccc21. The van der Waals surface area contributed by atoms with Crippen LogP contribution < -0.4 is 0 Å². The molecule has 0 saturated carbocycles. The average Bonchev–Trinajstić information content (AvgIpc) is 2.41. The van der Waals surface area contributed by atoms with E-state index in [0.717, 1.165) is 11.8 Å². The highest BCUT2D eigenvalue weighted by Crippen LogP contribution is 2.39. The lowest BCUT2D eigenvalue weighted by atomic mass is 9.98. The second-order valence-corrected chi connectivity index (χ2v) is 3.51. The van der Waals surface area contributed by atoms with Crippen LogP contribution in [-0.2, 0) is 4.79 Å². The summed E-state index contributed by atoms with van der Waals surface area (Å²) in [7, 11) is 0. The summed E-state index contributed by atoms with van der Waals surface area (Å²) in [5, 5.41) is 0. The zero-order valence-electron chi connectivity index (χ0n) is 7.87. The van der Waals surface area contributed by atoms with Crippen LogP contribution in [-0.4, -0.2) is 6.29 Å². The van der Waals surface area contributed by atoms with E-state index in [4.69, 9.17) is 0 Å². The zero-order chi connectivity index (χ0) is 9.42. The number of benzene rings is 1. The summed E-state index contributed by atoms with van der Waals surface area (Å²) >= 11 is 0. The Morgan fingerprint density at radius 1 is 1.23 bits per heavy atom. The van der Waals surface area contributed by atoms with Gasteiger partial charge in [0.15, 0.2) is 0 Å². The first kappa shape index (κ1) is 8.24. The van der Waals surface area contributed by atoms with Crippen LogP contribution in [0.25, 0.3) is 5.57 Å². The van der Waals surface area contributed by atoms with Crippen molar-refractivity contribution in [2.45, 2.75) is 19.8 Å². The standard InChI is InChI=1S/C12H12O/c1-8-9(2)12(7-13)11-6-4-3-5-10(8)11/h3-7,12H,1-2H3. The number of hydrogen-bond donors (Lipinski definition) is 0. The van der Waals surface area contributed by atoms with Crippen molar-refractivity contribution in [1.82, 2.24) is 0 Å². The lowest BCUT2D eigenvalue weighted by molar-refractivity contribution is -0.108. The van der Waals surface area contributed by atoms with Crippen molar-refractivity contribution in [3.63, 3.8) is 0 Å². The molecule has 1 atom stereocenters. The minimum atomic E-state index is -0.00352. The molecule has 1 aromatic rings. The smallest absolute Gasteiger partial charge is 0.131 e. The van der Waals surface area contributed by atoms with Crippen LogP contribution in [0.1, 0.15) is 30.9 Å². The fourth-order valence-corrected chi connectivity index (χ4v) is 1.96. The molecule has 0 N–H and O–H groups in total. The molecule has 66 valence electrons. The number of carbonyl (C=O) groups is 1. The lowest BCUT2D eigenvalue weighted by Gasteiger charge is -2.04. The molecule has 1 heteroatoms. The van der Waals surface area contributed by atoms with Crippen LogP contribution in [0.3, 0.4) is 0 Å². The van der Waals surface area contributed by atoms with Gasteiger partial charge in [-0.15, -0.1) is 0 Å². The summed E-state index contributed by atoms with van der Waals surface area (Å²) in [6.45, 7) is 4.12. The fraction of sp³-hybridized carbons (Fsp3) is 0.250. The number of fused-ring (bicyclic) bond motifs is 1. The van der Waals surface area contributed by atoms with Crippen LogP contribution in [0, 0.1) is 0 Å². The summed E-state index contributed by atoms with van der Waals surface area (Å²) < 4.78 is 0. The third kappa shape index (κ3) is 1.04. The first-order valence-electron chi connectivity index (χ1n) is 4.47. The van der Waals surface area contributed by atoms with Crippen molar-refractivity contribution in [2.24, 2.45) is 0 Å². The van der Waals surface area contributed by atoms with Crippen LogP contribution in [0.2, 0.25) is 0 Å². The van der Waals surface area contributed by atoms with E-state index in [9.17, 15) is 4.79 Å². The first-order valence-corrected chi connectivity index (χ1v) is 4.47. The van der Waals surface area contributed by atoms with Crippen molar-refractivity contribution >= 4 is 11.9 Å². The van der Waals surface area contributed by atoms with E-state index >= 15 is 0 Å². The van der Waals surface area contributed by atoms with Crippen molar-refractivity contribution in [3.8, 4) is 0 Å². The van der Waals surface area contributed by atoms with E-state index in [-0.39, 0.29) is 5.92 Å². The Hall–Kier alpha value is -1.37. The largest absolute Gasteiger partial charge is 0.302 e. The van der Waals surface area contributed by atoms with Gasteiger partial charge in [0.05, 0.1) is 5.92 Å². The normalized spacial score (nSPS) is 20.3. The predicted molar refractivity (Wildman–Crippen MR) is 53.5 cm³/mol. The molecule has 1 aliphatic carbocycles. The van der Waals surface area contributed by atoms with Crippen molar-refractivity contribution < 1.29 is 4.79 Å². The molecule has 0 aliphatic heterocycles. The quantitative estimate of drug-likeness (QED) is 0.595. The monoisotopic (exact) mass is 172 g/mol. The lowest BCUT2D eigenvalue weighted by Crippen LogP contribution is -1.97. The fourth-order valence-electron chi connectivity index (χ4n) is 1.96. The molecular weight excluding hydrogens is 160 g/mol. The van der Waals surface area contributed by atoms with Gasteiger partial charge in [0.1, 0.15) is 6.29 Å². The summed E-state index contributed by atoms with van der Waals surface area (Å²) in [4.78, 5) is 10.9. The van der Waals surface area contributed by atoms with Crippen molar-refractivity contribution in [3.05, 3.63) is 41.0 Å². The average molecular weight is 172 g/mol. The summed E-state index contributed by atoms with van der Waals surface area (Å²) in [6, 6.07) is 8.12. The van der Waals surface area contributed by atoms with E-state index < -0.39 is 0 Å².